The van der Waals surface area contributed by atoms with Crippen LogP contribution in [-0.2, 0) is 9.47 Å². The molecule has 1 aromatic rings. The number of halogens is 2. The summed E-state index contributed by atoms with van der Waals surface area (Å²) in [6, 6.07) is 1.20. The highest BCUT2D eigenvalue weighted by Gasteiger charge is 2.59. The molecule has 3 atom stereocenters. The van der Waals surface area contributed by atoms with Gasteiger partial charge < -0.3 is 20.3 Å². The molecule has 0 saturated carbocycles. The minimum Gasteiger partial charge on any atom is -0.384 e. The van der Waals surface area contributed by atoms with Crippen LogP contribution in [-0.4, -0.2) is 46.0 Å². The number of hydrogen-bond acceptors (Lipinski definition) is 6. The Hall–Kier alpha value is -1.58. The first-order valence-electron chi connectivity index (χ1n) is 6.01. The van der Waals surface area contributed by atoms with Crippen molar-refractivity contribution < 1.29 is 23.4 Å². The molecule has 0 aliphatic carbocycles. The summed E-state index contributed by atoms with van der Waals surface area (Å²) in [5.74, 6) is -3.72. The van der Waals surface area contributed by atoms with Gasteiger partial charge in [0.15, 0.2) is 6.10 Å². The SMILES string of the molecule is CCOC[C@H]1O[C@@H](n2ccc(N)nc2=O)C(F)(F)C1O. The Labute approximate surface area is 112 Å². The fourth-order valence-electron chi connectivity index (χ4n) is 1.94. The van der Waals surface area contributed by atoms with E-state index in [1.165, 1.54) is 6.07 Å². The van der Waals surface area contributed by atoms with Crippen molar-refractivity contribution in [1.29, 1.82) is 0 Å². The Morgan fingerprint density at radius 3 is 2.95 bits per heavy atom. The fraction of sp³-hybridized carbons (Fsp3) is 0.636. The van der Waals surface area contributed by atoms with E-state index in [9.17, 15) is 18.7 Å². The first kappa shape index (κ1) is 14.8. The van der Waals surface area contributed by atoms with Crippen LogP contribution in [0, 0.1) is 0 Å². The molecule has 0 bridgehead atoms. The minimum atomic E-state index is -3.64. The van der Waals surface area contributed by atoms with E-state index in [4.69, 9.17) is 15.2 Å². The van der Waals surface area contributed by atoms with Crippen molar-refractivity contribution in [1.82, 2.24) is 9.55 Å². The van der Waals surface area contributed by atoms with Crippen LogP contribution in [0.2, 0.25) is 0 Å². The van der Waals surface area contributed by atoms with Crippen molar-refractivity contribution >= 4 is 5.82 Å². The van der Waals surface area contributed by atoms with E-state index in [1.807, 2.05) is 0 Å². The first-order valence-corrected chi connectivity index (χ1v) is 6.01. The largest absolute Gasteiger partial charge is 0.384 e. The van der Waals surface area contributed by atoms with Gasteiger partial charge in [-0.25, -0.2) is 4.79 Å². The Morgan fingerprint density at radius 1 is 1.65 bits per heavy atom. The Kier molecular flexibility index (Phi) is 4.02. The first-order chi connectivity index (χ1) is 9.37. The van der Waals surface area contributed by atoms with Crippen molar-refractivity contribution in [2.75, 3.05) is 18.9 Å². The maximum atomic E-state index is 14.0. The van der Waals surface area contributed by atoms with E-state index in [0.29, 0.717) is 11.2 Å². The van der Waals surface area contributed by atoms with Gasteiger partial charge in [-0.1, -0.05) is 0 Å². The normalized spacial score (nSPS) is 28.7. The number of nitrogens with two attached hydrogens (primary N) is 1. The number of alkyl halides is 2. The lowest BCUT2D eigenvalue weighted by Crippen LogP contribution is -2.42. The summed E-state index contributed by atoms with van der Waals surface area (Å²) in [4.78, 5) is 14.9. The van der Waals surface area contributed by atoms with Gasteiger partial charge in [0.2, 0.25) is 6.23 Å². The van der Waals surface area contributed by atoms with Crippen molar-refractivity contribution in [3.05, 3.63) is 22.7 Å². The molecule has 3 N–H and O–H groups in total. The molecule has 1 aliphatic rings. The highest BCUT2D eigenvalue weighted by Crippen LogP contribution is 2.42. The number of ether oxygens (including phenoxy) is 2. The second kappa shape index (κ2) is 5.43. The molecule has 1 fully saturated rings. The molecule has 1 aliphatic heterocycles. The van der Waals surface area contributed by atoms with Gasteiger partial charge in [-0.3, -0.25) is 4.57 Å². The predicted molar refractivity (Wildman–Crippen MR) is 64.3 cm³/mol. The Balaban J connectivity index is 2.29. The summed E-state index contributed by atoms with van der Waals surface area (Å²) in [5.41, 5.74) is 4.32. The highest BCUT2D eigenvalue weighted by molar-refractivity contribution is 5.23. The third-order valence-corrected chi connectivity index (χ3v) is 2.97. The molecule has 7 nitrogen and oxygen atoms in total. The highest BCUT2D eigenvalue weighted by atomic mass is 19.3. The molecule has 2 heterocycles. The summed E-state index contributed by atoms with van der Waals surface area (Å²) in [6.07, 6.45) is -4.18. The maximum Gasteiger partial charge on any atom is 0.351 e. The standard InChI is InChI=1S/C11H15F2N3O4/c1-2-19-5-6-8(17)11(12,13)9(20-6)16-4-3-7(14)15-10(16)18/h3-4,6,8-9,17H,2,5H2,1H3,(H2,14,15,18)/t6-,8?,9-/m1/s1. The third-order valence-electron chi connectivity index (χ3n) is 2.97. The average molecular weight is 291 g/mol. The van der Waals surface area contributed by atoms with E-state index in [0.717, 1.165) is 6.20 Å². The lowest BCUT2D eigenvalue weighted by atomic mass is 10.1. The van der Waals surface area contributed by atoms with E-state index in [-0.39, 0.29) is 12.4 Å². The van der Waals surface area contributed by atoms with Crippen LogP contribution in [0.25, 0.3) is 0 Å². The number of hydrogen-bond donors (Lipinski definition) is 2. The molecular weight excluding hydrogens is 276 g/mol. The van der Waals surface area contributed by atoms with E-state index in [1.54, 1.807) is 6.92 Å². The topological polar surface area (TPSA) is 99.6 Å². The van der Waals surface area contributed by atoms with Crippen LogP contribution in [0.5, 0.6) is 0 Å². The van der Waals surface area contributed by atoms with E-state index in [2.05, 4.69) is 4.98 Å². The Morgan fingerprint density at radius 2 is 2.35 bits per heavy atom. The van der Waals surface area contributed by atoms with Gasteiger partial charge in [0.25, 0.3) is 0 Å². The van der Waals surface area contributed by atoms with Gasteiger partial charge in [-0.05, 0) is 13.0 Å². The molecule has 112 valence electrons. The fourth-order valence-corrected chi connectivity index (χ4v) is 1.94. The van der Waals surface area contributed by atoms with Gasteiger partial charge >= 0.3 is 11.6 Å². The van der Waals surface area contributed by atoms with Crippen LogP contribution >= 0.6 is 0 Å². The number of anilines is 1. The molecule has 1 saturated heterocycles. The summed E-state index contributed by atoms with van der Waals surface area (Å²) in [6.45, 7) is 1.79. The zero-order valence-electron chi connectivity index (χ0n) is 10.7. The number of aliphatic hydroxyl groups is 1. The number of nitrogen functional groups attached to an aromatic ring is 1. The van der Waals surface area contributed by atoms with Crippen LogP contribution in [0.15, 0.2) is 17.1 Å². The van der Waals surface area contributed by atoms with Crippen molar-refractivity contribution in [2.24, 2.45) is 0 Å². The van der Waals surface area contributed by atoms with Crippen LogP contribution < -0.4 is 11.4 Å². The molecule has 20 heavy (non-hydrogen) atoms. The monoisotopic (exact) mass is 291 g/mol. The molecule has 0 radical (unpaired) electrons. The summed E-state index contributed by atoms with van der Waals surface area (Å²) in [7, 11) is 0. The van der Waals surface area contributed by atoms with Gasteiger partial charge in [0.1, 0.15) is 11.9 Å². The molecular formula is C11H15F2N3O4. The van der Waals surface area contributed by atoms with Crippen LogP contribution in [0.4, 0.5) is 14.6 Å². The number of rotatable bonds is 4. The quantitative estimate of drug-likeness (QED) is 0.794. The smallest absolute Gasteiger partial charge is 0.351 e. The Bertz CT molecular complexity index is 537. The second-order valence-corrected chi connectivity index (χ2v) is 4.35. The molecule has 9 heteroatoms. The van der Waals surface area contributed by atoms with Crippen LogP contribution in [0.3, 0.4) is 0 Å². The molecule has 1 aromatic heterocycles. The van der Waals surface area contributed by atoms with Crippen molar-refractivity contribution in [3.8, 4) is 0 Å². The van der Waals surface area contributed by atoms with Gasteiger partial charge in [0, 0.05) is 12.8 Å². The summed E-state index contributed by atoms with van der Waals surface area (Å²) in [5, 5.41) is 9.61. The maximum absolute atomic E-state index is 14.0. The lowest BCUT2D eigenvalue weighted by molar-refractivity contribution is -0.141. The molecule has 0 aromatic carbocycles. The van der Waals surface area contributed by atoms with Crippen LogP contribution in [0.1, 0.15) is 13.2 Å². The zero-order chi connectivity index (χ0) is 14.9. The average Bonchev–Trinajstić information content (AvgIpc) is 2.60. The molecule has 0 spiro atoms. The second-order valence-electron chi connectivity index (χ2n) is 4.35. The number of aromatic nitrogens is 2. The lowest BCUT2D eigenvalue weighted by Gasteiger charge is -2.20. The van der Waals surface area contributed by atoms with Crippen molar-refractivity contribution in [3.63, 3.8) is 0 Å². The van der Waals surface area contributed by atoms with Gasteiger partial charge in [0.05, 0.1) is 6.61 Å². The van der Waals surface area contributed by atoms with E-state index < -0.39 is 30.0 Å². The zero-order valence-corrected chi connectivity index (χ0v) is 10.7. The van der Waals surface area contributed by atoms with Crippen molar-refractivity contribution in [2.45, 2.75) is 31.3 Å². The number of aliphatic hydroxyl groups excluding tert-OH is 1. The molecule has 0 amide bonds. The van der Waals surface area contributed by atoms with E-state index >= 15 is 0 Å². The summed E-state index contributed by atoms with van der Waals surface area (Å²) < 4.78 is 38.6. The number of nitrogens with zero attached hydrogens (tertiary/aromatic N) is 2. The van der Waals surface area contributed by atoms with Gasteiger partial charge in [-0.15, -0.1) is 0 Å². The molecule has 2 rings (SSSR count). The predicted octanol–water partition coefficient (Wildman–Crippen LogP) is -0.244. The third kappa shape index (κ3) is 2.51. The minimum absolute atomic E-state index is 0.0843. The summed E-state index contributed by atoms with van der Waals surface area (Å²) >= 11 is 0. The van der Waals surface area contributed by atoms with Gasteiger partial charge in [-0.2, -0.15) is 13.8 Å². The molecule has 1 unspecified atom stereocenters.